The van der Waals surface area contributed by atoms with Crippen LogP contribution in [-0.2, 0) is 4.79 Å². The lowest BCUT2D eigenvalue weighted by Crippen LogP contribution is -2.37. The van der Waals surface area contributed by atoms with Gasteiger partial charge in [0.1, 0.15) is 0 Å². The van der Waals surface area contributed by atoms with Crippen LogP contribution in [0.1, 0.15) is 78.6 Å². The van der Waals surface area contributed by atoms with Crippen molar-refractivity contribution >= 4 is 5.97 Å². The van der Waals surface area contributed by atoms with Gasteiger partial charge in [-0.25, -0.2) is 0 Å². The van der Waals surface area contributed by atoms with Crippen LogP contribution >= 0.6 is 0 Å². The molecule has 0 aliphatic heterocycles. The Bertz CT molecular complexity index is 248. The predicted molar refractivity (Wildman–Crippen MR) is 75.6 cm³/mol. The molecule has 0 aromatic rings. The minimum atomic E-state index is -0.538. The molecule has 18 heavy (non-hydrogen) atoms. The Hall–Kier alpha value is -0.530. The zero-order valence-corrected chi connectivity index (χ0v) is 12.4. The van der Waals surface area contributed by atoms with E-state index < -0.39 is 11.4 Å². The molecule has 0 aromatic carbocycles. The second kappa shape index (κ2) is 7.16. The first kappa shape index (κ1) is 15.5. The van der Waals surface area contributed by atoms with E-state index in [0.29, 0.717) is 5.92 Å². The van der Waals surface area contributed by atoms with Gasteiger partial charge in [0.25, 0.3) is 0 Å². The highest BCUT2D eigenvalue weighted by Crippen LogP contribution is 2.45. The minimum Gasteiger partial charge on any atom is -0.481 e. The summed E-state index contributed by atoms with van der Waals surface area (Å²) in [4.78, 5) is 11.7. The van der Waals surface area contributed by atoms with Gasteiger partial charge in [0, 0.05) is 0 Å². The second-order valence-electron chi connectivity index (χ2n) is 6.20. The third-order valence-electron chi connectivity index (χ3n) is 5.05. The number of carbonyl (C=O) groups is 1. The van der Waals surface area contributed by atoms with Crippen molar-refractivity contribution < 1.29 is 9.90 Å². The summed E-state index contributed by atoms with van der Waals surface area (Å²) < 4.78 is 0. The van der Waals surface area contributed by atoms with Gasteiger partial charge in [-0.2, -0.15) is 0 Å². The summed E-state index contributed by atoms with van der Waals surface area (Å²) in [6, 6.07) is 0. The molecule has 2 heteroatoms. The average Bonchev–Trinajstić information content (AvgIpc) is 2.38. The highest BCUT2D eigenvalue weighted by molar-refractivity contribution is 5.74. The predicted octanol–water partition coefficient (Wildman–Crippen LogP) is 4.87. The Morgan fingerprint density at radius 2 is 1.78 bits per heavy atom. The van der Waals surface area contributed by atoms with Crippen LogP contribution in [0, 0.1) is 17.3 Å². The standard InChI is InChI=1S/C16H30O2/c1-4-7-14-8-10-16(11-9-14,15(17)18)12-13(5-2)6-3/h13-14H,4-12H2,1-3H3,(H,17,18). The van der Waals surface area contributed by atoms with Crippen LogP contribution < -0.4 is 0 Å². The van der Waals surface area contributed by atoms with Crippen molar-refractivity contribution in [1.29, 1.82) is 0 Å². The summed E-state index contributed by atoms with van der Waals surface area (Å²) in [5, 5.41) is 9.64. The van der Waals surface area contributed by atoms with E-state index in [9.17, 15) is 9.90 Å². The fraction of sp³-hybridized carbons (Fsp3) is 0.938. The van der Waals surface area contributed by atoms with Crippen LogP contribution in [-0.4, -0.2) is 11.1 Å². The van der Waals surface area contributed by atoms with E-state index in [2.05, 4.69) is 20.8 Å². The van der Waals surface area contributed by atoms with Crippen molar-refractivity contribution in [1.82, 2.24) is 0 Å². The van der Waals surface area contributed by atoms with Crippen LogP contribution in [0.4, 0.5) is 0 Å². The molecule has 0 bridgehead atoms. The van der Waals surface area contributed by atoms with Gasteiger partial charge in [-0.3, -0.25) is 4.79 Å². The molecule has 0 radical (unpaired) electrons. The van der Waals surface area contributed by atoms with E-state index in [-0.39, 0.29) is 0 Å². The number of hydrogen-bond donors (Lipinski definition) is 1. The normalized spacial score (nSPS) is 28.6. The summed E-state index contributed by atoms with van der Waals surface area (Å²) >= 11 is 0. The molecule has 1 aliphatic carbocycles. The quantitative estimate of drug-likeness (QED) is 0.703. The lowest BCUT2D eigenvalue weighted by Gasteiger charge is -2.39. The van der Waals surface area contributed by atoms with Crippen LogP contribution in [0.3, 0.4) is 0 Å². The molecule has 1 fully saturated rings. The largest absolute Gasteiger partial charge is 0.481 e. The highest BCUT2D eigenvalue weighted by Gasteiger charge is 2.42. The number of aliphatic carboxylic acids is 1. The summed E-state index contributed by atoms with van der Waals surface area (Å²) in [7, 11) is 0. The summed E-state index contributed by atoms with van der Waals surface area (Å²) in [6.45, 7) is 6.60. The first-order valence-electron chi connectivity index (χ1n) is 7.81. The maximum Gasteiger partial charge on any atom is 0.309 e. The highest BCUT2D eigenvalue weighted by atomic mass is 16.4. The third kappa shape index (κ3) is 3.73. The Balaban J connectivity index is 2.64. The van der Waals surface area contributed by atoms with E-state index in [4.69, 9.17) is 0 Å². The van der Waals surface area contributed by atoms with Gasteiger partial charge in [-0.15, -0.1) is 0 Å². The molecular weight excluding hydrogens is 224 g/mol. The molecule has 106 valence electrons. The SMILES string of the molecule is CCCC1CCC(CC(CC)CC)(C(=O)O)CC1. The second-order valence-corrected chi connectivity index (χ2v) is 6.20. The number of carboxylic acid groups (broad SMARTS) is 1. The molecule has 1 saturated carbocycles. The topological polar surface area (TPSA) is 37.3 Å². The zero-order valence-electron chi connectivity index (χ0n) is 12.4. The molecule has 1 N–H and O–H groups in total. The van der Waals surface area contributed by atoms with Gasteiger partial charge in [-0.05, 0) is 43.9 Å². The van der Waals surface area contributed by atoms with Gasteiger partial charge >= 0.3 is 5.97 Å². The fourth-order valence-electron chi connectivity index (χ4n) is 3.56. The lowest BCUT2D eigenvalue weighted by molar-refractivity contribution is -0.153. The van der Waals surface area contributed by atoms with Gasteiger partial charge in [0.05, 0.1) is 5.41 Å². The van der Waals surface area contributed by atoms with E-state index >= 15 is 0 Å². The van der Waals surface area contributed by atoms with Crippen LogP contribution in [0.2, 0.25) is 0 Å². The van der Waals surface area contributed by atoms with Crippen molar-refractivity contribution in [2.75, 3.05) is 0 Å². The molecule has 1 rings (SSSR count). The van der Waals surface area contributed by atoms with Crippen molar-refractivity contribution in [3.05, 3.63) is 0 Å². The van der Waals surface area contributed by atoms with Gasteiger partial charge in [-0.1, -0.05) is 46.5 Å². The minimum absolute atomic E-state index is 0.402. The van der Waals surface area contributed by atoms with Crippen LogP contribution in [0.25, 0.3) is 0 Å². The van der Waals surface area contributed by atoms with E-state index in [1.165, 1.54) is 12.8 Å². The monoisotopic (exact) mass is 254 g/mol. The number of hydrogen-bond acceptors (Lipinski definition) is 1. The van der Waals surface area contributed by atoms with Crippen molar-refractivity contribution in [3.63, 3.8) is 0 Å². The maximum absolute atomic E-state index is 11.7. The Morgan fingerprint density at radius 3 is 2.17 bits per heavy atom. The molecule has 1 aliphatic rings. The van der Waals surface area contributed by atoms with Gasteiger partial charge < -0.3 is 5.11 Å². The molecule has 0 aromatic heterocycles. The molecule has 0 heterocycles. The Labute approximate surface area is 112 Å². The molecule has 0 spiro atoms. The van der Waals surface area contributed by atoms with Crippen molar-refractivity contribution in [3.8, 4) is 0 Å². The first-order valence-corrected chi connectivity index (χ1v) is 7.81. The van der Waals surface area contributed by atoms with E-state index in [1.807, 2.05) is 0 Å². The summed E-state index contributed by atoms with van der Waals surface area (Å²) in [5.41, 5.74) is -0.402. The fourth-order valence-corrected chi connectivity index (χ4v) is 3.56. The molecule has 0 amide bonds. The lowest BCUT2D eigenvalue weighted by atomic mass is 9.65. The Morgan fingerprint density at radius 1 is 1.22 bits per heavy atom. The average molecular weight is 254 g/mol. The van der Waals surface area contributed by atoms with Gasteiger partial charge in [0.15, 0.2) is 0 Å². The Kier molecular flexibility index (Phi) is 6.17. The third-order valence-corrected chi connectivity index (χ3v) is 5.05. The van der Waals surface area contributed by atoms with Crippen molar-refractivity contribution in [2.24, 2.45) is 17.3 Å². The molecule has 0 saturated heterocycles. The van der Waals surface area contributed by atoms with Crippen LogP contribution in [0.15, 0.2) is 0 Å². The number of rotatable bonds is 7. The number of carboxylic acids is 1. The van der Waals surface area contributed by atoms with Gasteiger partial charge in [0.2, 0.25) is 0 Å². The maximum atomic E-state index is 11.7. The molecule has 2 nitrogen and oxygen atoms in total. The van der Waals surface area contributed by atoms with E-state index in [0.717, 1.165) is 50.9 Å². The molecule has 0 unspecified atom stereocenters. The summed E-state index contributed by atoms with van der Waals surface area (Å²) in [5.74, 6) is 0.831. The van der Waals surface area contributed by atoms with Crippen LogP contribution in [0.5, 0.6) is 0 Å². The van der Waals surface area contributed by atoms with E-state index in [1.54, 1.807) is 0 Å². The first-order chi connectivity index (χ1) is 8.57. The zero-order chi connectivity index (χ0) is 13.6. The summed E-state index contributed by atoms with van der Waals surface area (Å²) in [6.07, 6.45) is 9.70. The molecule has 0 atom stereocenters. The molecular formula is C16H30O2. The van der Waals surface area contributed by atoms with Crippen molar-refractivity contribution in [2.45, 2.75) is 78.6 Å². The smallest absolute Gasteiger partial charge is 0.309 e.